The fourth-order valence-corrected chi connectivity index (χ4v) is 3.58. The van der Waals surface area contributed by atoms with E-state index in [1.54, 1.807) is 6.33 Å². The molecule has 2 aromatic heterocycles. The Morgan fingerprint density at radius 3 is 2.62 bits per heavy atom. The van der Waals surface area contributed by atoms with E-state index in [9.17, 15) is 4.79 Å². The van der Waals surface area contributed by atoms with Crippen LogP contribution in [0, 0.1) is 0 Å². The van der Waals surface area contributed by atoms with Gasteiger partial charge in [0.15, 0.2) is 0 Å². The summed E-state index contributed by atoms with van der Waals surface area (Å²) in [5.74, 6) is 1.17. The second-order valence-electron chi connectivity index (χ2n) is 6.62. The van der Waals surface area contributed by atoms with Gasteiger partial charge in [-0.3, -0.25) is 4.79 Å². The van der Waals surface area contributed by atoms with Gasteiger partial charge in [-0.15, -0.1) is 0 Å². The molecule has 1 saturated heterocycles. The third-order valence-electron chi connectivity index (χ3n) is 5.04. The number of aromatic amines is 1. The summed E-state index contributed by atoms with van der Waals surface area (Å²) >= 11 is 0. The average Bonchev–Trinajstić information content (AvgIpc) is 3.12. The molecule has 0 unspecified atom stereocenters. The minimum absolute atomic E-state index is 0.194. The molecular formula is C20H23N5O. The van der Waals surface area contributed by atoms with Crippen LogP contribution in [0.25, 0.3) is 11.0 Å². The van der Waals surface area contributed by atoms with Crippen molar-refractivity contribution in [3.05, 3.63) is 54.0 Å². The zero-order valence-corrected chi connectivity index (χ0v) is 15.0. The number of nitrogens with one attached hydrogen (secondary N) is 1. The molecule has 26 heavy (non-hydrogen) atoms. The molecule has 1 N–H and O–H groups in total. The zero-order valence-electron chi connectivity index (χ0n) is 15.0. The third-order valence-corrected chi connectivity index (χ3v) is 5.04. The molecule has 1 aliphatic rings. The van der Waals surface area contributed by atoms with Crippen LogP contribution >= 0.6 is 0 Å². The number of H-pyrrole nitrogens is 1. The first-order valence-corrected chi connectivity index (χ1v) is 9.14. The van der Waals surface area contributed by atoms with Crippen LogP contribution in [0.2, 0.25) is 0 Å². The fourth-order valence-electron chi connectivity index (χ4n) is 3.58. The molecule has 0 saturated carbocycles. The maximum atomic E-state index is 12.6. The normalized spacial score (nSPS) is 14.8. The Morgan fingerprint density at radius 1 is 1.12 bits per heavy atom. The first kappa shape index (κ1) is 16.6. The Bertz CT molecular complexity index is 897. The summed E-state index contributed by atoms with van der Waals surface area (Å²) in [6.45, 7) is 5.17. The van der Waals surface area contributed by atoms with Gasteiger partial charge in [0.1, 0.15) is 17.8 Å². The highest BCUT2D eigenvalue weighted by molar-refractivity contribution is 5.91. The van der Waals surface area contributed by atoms with E-state index in [0.29, 0.717) is 6.42 Å². The van der Waals surface area contributed by atoms with Gasteiger partial charge in [0.2, 0.25) is 5.91 Å². The third kappa shape index (κ3) is 3.14. The highest BCUT2D eigenvalue weighted by Crippen LogP contribution is 2.27. The van der Waals surface area contributed by atoms with Gasteiger partial charge in [-0.2, -0.15) is 0 Å². The van der Waals surface area contributed by atoms with Crippen LogP contribution in [0.4, 0.5) is 5.82 Å². The van der Waals surface area contributed by atoms with Gasteiger partial charge in [-0.25, -0.2) is 9.97 Å². The number of aromatic nitrogens is 3. The molecule has 0 spiro atoms. The van der Waals surface area contributed by atoms with Crippen LogP contribution in [0.1, 0.15) is 18.1 Å². The molecule has 1 fully saturated rings. The van der Waals surface area contributed by atoms with Crippen LogP contribution in [-0.4, -0.2) is 51.9 Å². The number of amides is 1. The molecule has 1 amide bonds. The summed E-state index contributed by atoms with van der Waals surface area (Å²) in [7, 11) is 0. The monoisotopic (exact) mass is 349 g/mol. The Balaban J connectivity index is 1.46. The van der Waals surface area contributed by atoms with Gasteiger partial charge >= 0.3 is 0 Å². The van der Waals surface area contributed by atoms with E-state index in [1.165, 1.54) is 5.56 Å². The molecule has 1 aliphatic heterocycles. The molecule has 4 rings (SSSR count). The Labute approximate surface area is 152 Å². The maximum absolute atomic E-state index is 12.6. The first-order chi connectivity index (χ1) is 12.8. The van der Waals surface area contributed by atoms with Crippen molar-refractivity contribution in [1.82, 2.24) is 19.9 Å². The topological polar surface area (TPSA) is 65.1 Å². The van der Waals surface area contributed by atoms with E-state index in [4.69, 9.17) is 0 Å². The molecule has 0 bridgehead atoms. The lowest BCUT2D eigenvalue weighted by Gasteiger charge is -2.35. The summed E-state index contributed by atoms with van der Waals surface area (Å²) in [6.07, 6.45) is 5.04. The first-order valence-electron chi connectivity index (χ1n) is 9.14. The van der Waals surface area contributed by atoms with Crippen molar-refractivity contribution in [3.8, 4) is 0 Å². The van der Waals surface area contributed by atoms with Gasteiger partial charge in [0, 0.05) is 32.4 Å². The lowest BCUT2D eigenvalue weighted by atomic mass is 10.1. The predicted octanol–water partition coefficient (Wildman–Crippen LogP) is 2.41. The van der Waals surface area contributed by atoms with Crippen LogP contribution in [0.5, 0.6) is 0 Å². The van der Waals surface area contributed by atoms with E-state index < -0.39 is 0 Å². The molecule has 3 aromatic rings. The van der Waals surface area contributed by atoms with Gasteiger partial charge in [0.25, 0.3) is 0 Å². The van der Waals surface area contributed by atoms with Crippen molar-refractivity contribution in [1.29, 1.82) is 0 Å². The van der Waals surface area contributed by atoms with Crippen LogP contribution < -0.4 is 4.90 Å². The van der Waals surface area contributed by atoms with E-state index in [2.05, 4.69) is 26.8 Å². The van der Waals surface area contributed by atoms with E-state index >= 15 is 0 Å². The highest BCUT2D eigenvalue weighted by Gasteiger charge is 2.24. The summed E-state index contributed by atoms with van der Waals surface area (Å²) in [5, 5.41) is 1.11. The number of anilines is 1. The second kappa shape index (κ2) is 7.15. The van der Waals surface area contributed by atoms with Crippen molar-refractivity contribution in [2.75, 3.05) is 31.1 Å². The lowest BCUT2D eigenvalue weighted by molar-refractivity contribution is -0.130. The van der Waals surface area contributed by atoms with E-state index in [-0.39, 0.29) is 5.91 Å². The Morgan fingerprint density at radius 2 is 1.88 bits per heavy atom. The number of hydrogen-bond donors (Lipinski definition) is 1. The van der Waals surface area contributed by atoms with E-state index in [0.717, 1.165) is 55.0 Å². The highest BCUT2D eigenvalue weighted by atomic mass is 16.2. The molecule has 0 atom stereocenters. The minimum atomic E-state index is 0.194. The van der Waals surface area contributed by atoms with Crippen LogP contribution in [0.3, 0.4) is 0 Å². The number of rotatable bonds is 4. The quantitative estimate of drug-likeness (QED) is 0.786. The van der Waals surface area contributed by atoms with Crippen LogP contribution in [0.15, 0.2) is 42.9 Å². The average molecular weight is 349 g/mol. The predicted molar refractivity (Wildman–Crippen MR) is 102 cm³/mol. The minimum Gasteiger partial charge on any atom is -0.352 e. The molecule has 6 nitrogen and oxygen atoms in total. The molecular weight excluding hydrogens is 326 g/mol. The lowest BCUT2D eigenvalue weighted by Crippen LogP contribution is -2.49. The van der Waals surface area contributed by atoms with Gasteiger partial charge < -0.3 is 14.8 Å². The largest absolute Gasteiger partial charge is 0.352 e. The van der Waals surface area contributed by atoms with Crippen LogP contribution in [-0.2, 0) is 17.6 Å². The van der Waals surface area contributed by atoms with Crippen molar-refractivity contribution < 1.29 is 4.79 Å². The molecule has 0 aliphatic carbocycles. The number of carbonyl (C=O) groups is 1. The van der Waals surface area contributed by atoms with E-state index in [1.807, 2.05) is 41.4 Å². The van der Waals surface area contributed by atoms with Crippen molar-refractivity contribution in [2.45, 2.75) is 19.8 Å². The van der Waals surface area contributed by atoms with Crippen molar-refractivity contribution in [3.63, 3.8) is 0 Å². The fraction of sp³-hybridized carbons (Fsp3) is 0.350. The van der Waals surface area contributed by atoms with Gasteiger partial charge in [0.05, 0.1) is 11.8 Å². The molecule has 134 valence electrons. The van der Waals surface area contributed by atoms with Gasteiger partial charge in [-0.1, -0.05) is 37.3 Å². The molecule has 0 radical (unpaired) electrons. The number of carbonyl (C=O) groups excluding carboxylic acids is 1. The Hall–Kier alpha value is -2.89. The van der Waals surface area contributed by atoms with Crippen molar-refractivity contribution >= 4 is 22.8 Å². The standard InChI is InChI=1S/C20H23N5O/c1-2-16-13-21-19-18(16)20(23-14-22-19)25-10-8-24(9-11-25)17(26)12-15-6-4-3-5-7-15/h3-7,13-14H,2,8-12H2,1H3,(H,21,22,23). The number of benzene rings is 1. The number of fused-ring (bicyclic) bond motifs is 1. The maximum Gasteiger partial charge on any atom is 0.227 e. The molecule has 1 aromatic carbocycles. The Kier molecular flexibility index (Phi) is 4.56. The summed E-state index contributed by atoms with van der Waals surface area (Å²) in [6, 6.07) is 9.93. The molecule has 6 heteroatoms. The number of nitrogens with zero attached hydrogens (tertiary/aromatic N) is 4. The zero-order chi connectivity index (χ0) is 17.9. The second-order valence-corrected chi connectivity index (χ2v) is 6.62. The SMILES string of the molecule is CCc1c[nH]c2ncnc(N3CCN(C(=O)Cc4ccccc4)CC3)c12. The smallest absolute Gasteiger partial charge is 0.227 e. The van der Waals surface area contributed by atoms with Crippen molar-refractivity contribution in [2.24, 2.45) is 0 Å². The number of aryl methyl sites for hydroxylation is 1. The number of hydrogen-bond acceptors (Lipinski definition) is 4. The summed E-state index contributed by atoms with van der Waals surface area (Å²) < 4.78 is 0. The number of piperazine rings is 1. The van der Waals surface area contributed by atoms with Gasteiger partial charge in [-0.05, 0) is 17.5 Å². The summed E-state index contributed by atoms with van der Waals surface area (Å²) in [5.41, 5.74) is 3.19. The summed E-state index contributed by atoms with van der Waals surface area (Å²) in [4.78, 5) is 28.9. The molecule has 3 heterocycles.